The molecule has 0 saturated carbocycles. The maximum Gasteiger partial charge on any atom is 0.341 e. The predicted molar refractivity (Wildman–Crippen MR) is 122 cm³/mol. The number of carbonyl (C=O) groups is 2. The maximum atomic E-state index is 12.5. The predicted octanol–water partition coefficient (Wildman–Crippen LogP) is 4.76. The van der Waals surface area contributed by atoms with Crippen molar-refractivity contribution in [3.63, 3.8) is 0 Å². The molecular formula is C21H20ClN3O5S2. The smallest absolute Gasteiger partial charge is 0.341 e. The van der Waals surface area contributed by atoms with Gasteiger partial charge >= 0.3 is 5.97 Å². The Morgan fingerprint density at radius 2 is 2.00 bits per heavy atom. The van der Waals surface area contributed by atoms with Gasteiger partial charge in [0.2, 0.25) is 5.91 Å². The van der Waals surface area contributed by atoms with E-state index in [9.17, 15) is 9.59 Å². The summed E-state index contributed by atoms with van der Waals surface area (Å²) in [5, 5.41) is 12.1. The van der Waals surface area contributed by atoms with E-state index in [0.717, 1.165) is 47.9 Å². The number of rotatable bonds is 8. The topological polar surface area (TPSA) is 104 Å². The van der Waals surface area contributed by atoms with Gasteiger partial charge in [0.15, 0.2) is 6.61 Å². The molecule has 2 heterocycles. The van der Waals surface area contributed by atoms with Crippen LogP contribution in [0.1, 0.15) is 39.5 Å². The van der Waals surface area contributed by atoms with Crippen LogP contribution in [-0.4, -0.2) is 34.9 Å². The molecule has 0 spiro atoms. The van der Waals surface area contributed by atoms with Gasteiger partial charge in [-0.05, 0) is 55.5 Å². The normalized spacial score (nSPS) is 12.8. The standard InChI is InChI=1S/C21H20ClN3O5S2/c1-28-20(27)18-14-4-2-3-5-15(14)32-19(18)23-16(26)11-31-21-25-24-17(30-21)10-29-13-8-6-12(22)7-9-13/h6-9H,2-5,10-11H2,1H3,(H,23,26). The number of aromatic nitrogens is 2. The van der Waals surface area contributed by atoms with E-state index < -0.39 is 5.97 Å². The summed E-state index contributed by atoms with van der Waals surface area (Å²) >= 11 is 8.40. The molecule has 1 amide bonds. The number of ether oxygens (including phenoxy) is 2. The molecule has 1 N–H and O–H groups in total. The van der Waals surface area contributed by atoms with Crippen molar-refractivity contribution in [1.82, 2.24) is 10.2 Å². The fourth-order valence-electron chi connectivity index (χ4n) is 3.29. The van der Waals surface area contributed by atoms with Crippen LogP contribution in [0.15, 0.2) is 33.9 Å². The molecule has 8 nitrogen and oxygen atoms in total. The lowest BCUT2D eigenvalue weighted by Crippen LogP contribution is -2.16. The highest BCUT2D eigenvalue weighted by Gasteiger charge is 2.27. The Bertz CT molecular complexity index is 1110. The third-order valence-corrected chi connectivity index (χ3v) is 7.04. The molecule has 0 atom stereocenters. The fraction of sp³-hybridized carbons (Fsp3) is 0.333. The zero-order valence-electron chi connectivity index (χ0n) is 17.2. The van der Waals surface area contributed by atoms with Gasteiger partial charge in [0.05, 0.1) is 18.4 Å². The molecule has 0 radical (unpaired) electrons. The number of nitrogens with one attached hydrogen (secondary N) is 1. The zero-order chi connectivity index (χ0) is 22.5. The number of thioether (sulfide) groups is 1. The van der Waals surface area contributed by atoms with Gasteiger partial charge in [-0.15, -0.1) is 21.5 Å². The molecule has 0 unspecified atom stereocenters. The molecule has 0 bridgehead atoms. The number of halogens is 1. The molecule has 32 heavy (non-hydrogen) atoms. The van der Waals surface area contributed by atoms with Gasteiger partial charge in [-0.3, -0.25) is 4.79 Å². The number of anilines is 1. The van der Waals surface area contributed by atoms with Crippen LogP contribution >= 0.6 is 34.7 Å². The third kappa shape index (κ3) is 5.43. The summed E-state index contributed by atoms with van der Waals surface area (Å²) in [6.07, 6.45) is 3.85. The maximum absolute atomic E-state index is 12.5. The van der Waals surface area contributed by atoms with Crippen molar-refractivity contribution in [3.05, 3.63) is 51.2 Å². The van der Waals surface area contributed by atoms with E-state index in [-0.39, 0.29) is 23.5 Å². The molecule has 11 heteroatoms. The van der Waals surface area contributed by atoms with Gasteiger partial charge in [-0.1, -0.05) is 23.4 Å². The van der Waals surface area contributed by atoms with Crippen LogP contribution in [0.25, 0.3) is 0 Å². The summed E-state index contributed by atoms with van der Waals surface area (Å²) in [6, 6.07) is 6.92. The van der Waals surface area contributed by atoms with Crippen LogP contribution in [-0.2, 0) is 29.0 Å². The average molecular weight is 494 g/mol. The number of hydrogen-bond acceptors (Lipinski definition) is 9. The minimum Gasteiger partial charge on any atom is -0.484 e. The minimum absolute atomic E-state index is 0.0584. The first kappa shape index (κ1) is 22.6. The second kappa shape index (κ2) is 10.4. The minimum atomic E-state index is -0.422. The summed E-state index contributed by atoms with van der Waals surface area (Å²) in [6.45, 7) is 0.102. The molecule has 1 aliphatic carbocycles. The van der Waals surface area contributed by atoms with Gasteiger partial charge in [0.25, 0.3) is 11.1 Å². The van der Waals surface area contributed by atoms with E-state index in [2.05, 4.69) is 15.5 Å². The number of methoxy groups -OCH3 is 1. The zero-order valence-corrected chi connectivity index (χ0v) is 19.6. The Balaban J connectivity index is 1.32. The molecular weight excluding hydrogens is 474 g/mol. The molecule has 168 valence electrons. The molecule has 0 saturated heterocycles. The van der Waals surface area contributed by atoms with E-state index >= 15 is 0 Å². The van der Waals surface area contributed by atoms with Gasteiger partial charge in [-0.2, -0.15) is 0 Å². The first-order valence-corrected chi connectivity index (χ1v) is 12.1. The second-order valence-corrected chi connectivity index (χ2v) is 9.42. The monoisotopic (exact) mass is 493 g/mol. The number of fused-ring (bicyclic) bond motifs is 1. The van der Waals surface area contributed by atoms with Gasteiger partial charge in [-0.25, -0.2) is 4.79 Å². The fourth-order valence-corrected chi connectivity index (χ4v) is 5.29. The van der Waals surface area contributed by atoms with Gasteiger partial charge < -0.3 is 19.2 Å². The number of aryl methyl sites for hydroxylation is 1. The van der Waals surface area contributed by atoms with Crippen LogP contribution < -0.4 is 10.1 Å². The molecule has 4 rings (SSSR count). The second-order valence-electron chi connectivity index (χ2n) is 6.95. The van der Waals surface area contributed by atoms with Crippen molar-refractivity contribution in [2.75, 3.05) is 18.2 Å². The van der Waals surface area contributed by atoms with Crippen LogP contribution in [0.2, 0.25) is 5.02 Å². The van der Waals surface area contributed by atoms with Crippen LogP contribution in [0.3, 0.4) is 0 Å². The molecule has 1 aliphatic rings. The van der Waals surface area contributed by atoms with Crippen molar-refractivity contribution in [3.8, 4) is 5.75 Å². The number of thiophene rings is 1. The quantitative estimate of drug-likeness (QED) is 0.354. The summed E-state index contributed by atoms with van der Waals surface area (Å²) in [7, 11) is 1.35. The van der Waals surface area contributed by atoms with Crippen molar-refractivity contribution in [2.45, 2.75) is 37.5 Å². The summed E-state index contributed by atoms with van der Waals surface area (Å²) < 4.78 is 16.0. The van der Waals surface area contributed by atoms with Crippen LogP contribution in [0.5, 0.6) is 5.75 Å². The highest BCUT2D eigenvalue weighted by Crippen LogP contribution is 2.38. The highest BCUT2D eigenvalue weighted by atomic mass is 35.5. The molecule has 0 fully saturated rings. The van der Waals surface area contributed by atoms with Crippen molar-refractivity contribution >= 4 is 51.6 Å². The number of hydrogen-bond donors (Lipinski definition) is 1. The number of benzene rings is 1. The van der Waals surface area contributed by atoms with Crippen molar-refractivity contribution < 1.29 is 23.5 Å². The summed E-state index contributed by atoms with van der Waals surface area (Å²) in [5.41, 5.74) is 1.48. The first-order chi connectivity index (χ1) is 15.5. The van der Waals surface area contributed by atoms with Crippen LogP contribution in [0.4, 0.5) is 5.00 Å². The van der Waals surface area contributed by atoms with E-state index in [4.69, 9.17) is 25.5 Å². The highest BCUT2D eigenvalue weighted by molar-refractivity contribution is 7.99. The summed E-state index contributed by atoms with van der Waals surface area (Å²) in [4.78, 5) is 25.9. The first-order valence-electron chi connectivity index (χ1n) is 9.89. The van der Waals surface area contributed by atoms with E-state index in [1.54, 1.807) is 24.3 Å². The lowest BCUT2D eigenvalue weighted by Gasteiger charge is -2.11. The van der Waals surface area contributed by atoms with Gasteiger partial charge in [0, 0.05) is 9.90 Å². The number of amides is 1. The summed E-state index contributed by atoms with van der Waals surface area (Å²) in [5.74, 6) is 0.288. The molecule has 0 aliphatic heterocycles. The average Bonchev–Trinajstić information content (AvgIpc) is 3.40. The molecule has 1 aromatic carbocycles. The lowest BCUT2D eigenvalue weighted by atomic mass is 9.95. The van der Waals surface area contributed by atoms with Gasteiger partial charge in [0.1, 0.15) is 10.8 Å². The third-order valence-electron chi connectivity index (χ3n) is 4.76. The largest absolute Gasteiger partial charge is 0.484 e. The Morgan fingerprint density at radius 3 is 2.78 bits per heavy atom. The van der Waals surface area contributed by atoms with E-state index in [1.165, 1.54) is 18.4 Å². The Labute approximate surface area is 197 Å². The Kier molecular flexibility index (Phi) is 7.33. The van der Waals surface area contributed by atoms with E-state index in [0.29, 0.717) is 27.2 Å². The number of esters is 1. The van der Waals surface area contributed by atoms with E-state index in [1.807, 2.05) is 0 Å². The molecule has 3 aromatic rings. The SMILES string of the molecule is COC(=O)c1c(NC(=O)CSc2nnc(COc3ccc(Cl)cc3)o2)sc2c1CCCC2. The Morgan fingerprint density at radius 1 is 1.22 bits per heavy atom. The van der Waals surface area contributed by atoms with Crippen molar-refractivity contribution in [2.24, 2.45) is 0 Å². The van der Waals surface area contributed by atoms with Crippen molar-refractivity contribution in [1.29, 1.82) is 0 Å². The Hall–Kier alpha value is -2.56. The molecule has 2 aromatic heterocycles. The lowest BCUT2D eigenvalue weighted by molar-refractivity contribution is -0.113. The number of nitrogens with zero attached hydrogens (tertiary/aromatic N) is 2. The number of carbonyl (C=O) groups excluding carboxylic acids is 2. The van der Waals surface area contributed by atoms with Crippen LogP contribution in [0, 0.1) is 0 Å².